The van der Waals surface area contributed by atoms with Crippen molar-refractivity contribution >= 4 is 17.6 Å². The first kappa shape index (κ1) is 19.0. The molecule has 0 radical (unpaired) electrons. The van der Waals surface area contributed by atoms with Gasteiger partial charge in [0.25, 0.3) is 0 Å². The van der Waals surface area contributed by atoms with Crippen LogP contribution in [0.4, 0.5) is 14.5 Å². The van der Waals surface area contributed by atoms with Crippen LogP contribution in [0.2, 0.25) is 0 Å². The second-order valence-electron chi connectivity index (χ2n) is 6.54. The van der Waals surface area contributed by atoms with Crippen molar-refractivity contribution in [2.45, 2.75) is 24.7 Å². The lowest BCUT2D eigenvalue weighted by molar-refractivity contribution is -0.136. The lowest BCUT2D eigenvalue weighted by Crippen LogP contribution is -2.45. The molecule has 27 heavy (non-hydrogen) atoms. The average Bonchev–Trinajstić information content (AvgIpc) is 2.62. The molecule has 142 valence electrons. The highest BCUT2D eigenvalue weighted by Crippen LogP contribution is 2.38. The molecular formula is C20H19F2NO4. The Balaban J connectivity index is 1.92. The summed E-state index contributed by atoms with van der Waals surface area (Å²) in [4.78, 5) is 24.0. The summed E-state index contributed by atoms with van der Waals surface area (Å²) in [5.74, 6) is -2.89. The van der Waals surface area contributed by atoms with Gasteiger partial charge in [0.05, 0.1) is 11.8 Å². The predicted molar refractivity (Wildman–Crippen MR) is 94.5 cm³/mol. The summed E-state index contributed by atoms with van der Waals surface area (Å²) >= 11 is 0. The van der Waals surface area contributed by atoms with Crippen molar-refractivity contribution in [2.75, 3.05) is 18.5 Å². The van der Waals surface area contributed by atoms with Gasteiger partial charge in [-0.1, -0.05) is 18.2 Å². The highest BCUT2D eigenvalue weighted by Gasteiger charge is 2.43. The third-order valence-electron chi connectivity index (χ3n) is 4.77. The number of carboxylic acid groups (broad SMARTS) is 1. The maximum atomic E-state index is 14.5. The molecule has 2 aromatic rings. The summed E-state index contributed by atoms with van der Waals surface area (Å²) in [5, 5.41) is 11.7. The predicted octanol–water partition coefficient (Wildman–Crippen LogP) is 3.28. The molecule has 1 amide bonds. The number of aliphatic carboxylic acids is 1. The quantitative estimate of drug-likeness (QED) is 0.841. The van der Waals surface area contributed by atoms with Gasteiger partial charge in [0.1, 0.15) is 11.6 Å². The van der Waals surface area contributed by atoms with Crippen molar-refractivity contribution < 1.29 is 28.2 Å². The first-order valence-electron chi connectivity index (χ1n) is 8.56. The molecule has 7 heteroatoms. The van der Waals surface area contributed by atoms with Gasteiger partial charge in [-0.05, 0) is 36.6 Å². The van der Waals surface area contributed by atoms with Crippen LogP contribution in [0.5, 0.6) is 0 Å². The van der Waals surface area contributed by atoms with Gasteiger partial charge in [0.15, 0.2) is 0 Å². The molecule has 0 aliphatic carbocycles. The second kappa shape index (κ2) is 7.84. The van der Waals surface area contributed by atoms with E-state index >= 15 is 0 Å². The fraction of sp³-hybridized carbons (Fsp3) is 0.300. The number of nitrogens with one attached hydrogen (secondary N) is 1. The molecule has 0 spiro atoms. The van der Waals surface area contributed by atoms with E-state index in [0.717, 1.165) is 12.1 Å². The third-order valence-corrected chi connectivity index (χ3v) is 4.77. The smallest absolute Gasteiger partial charge is 0.307 e. The Bertz CT molecular complexity index is 863. The topological polar surface area (TPSA) is 75.6 Å². The molecule has 1 saturated heterocycles. The van der Waals surface area contributed by atoms with E-state index in [9.17, 15) is 18.4 Å². The maximum Gasteiger partial charge on any atom is 0.307 e. The summed E-state index contributed by atoms with van der Waals surface area (Å²) in [6.45, 7) is 0.562. The molecule has 0 unspecified atom stereocenters. The number of anilines is 1. The number of carboxylic acids is 1. The van der Waals surface area contributed by atoms with Crippen LogP contribution in [0.15, 0.2) is 42.5 Å². The van der Waals surface area contributed by atoms with Crippen LogP contribution in [-0.4, -0.2) is 30.2 Å². The minimum Gasteiger partial charge on any atom is -0.481 e. The molecule has 2 N–H and O–H groups in total. The zero-order chi connectivity index (χ0) is 19.4. The number of amides is 1. The summed E-state index contributed by atoms with van der Waals surface area (Å²) < 4.78 is 33.1. The van der Waals surface area contributed by atoms with Crippen molar-refractivity contribution in [3.63, 3.8) is 0 Å². The molecule has 0 aromatic heterocycles. The van der Waals surface area contributed by atoms with E-state index in [4.69, 9.17) is 9.84 Å². The molecule has 1 fully saturated rings. The van der Waals surface area contributed by atoms with Crippen LogP contribution in [0.25, 0.3) is 0 Å². The Labute approximate surface area is 155 Å². The molecule has 1 heterocycles. The minimum absolute atomic E-state index is 0.131. The molecule has 0 atom stereocenters. The van der Waals surface area contributed by atoms with Crippen LogP contribution in [0.3, 0.4) is 0 Å². The Morgan fingerprint density at radius 2 is 1.85 bits per heavy atom. The third kappa shape index (κ3) is 4.14. The molecule has 0 bridgehead atoms. The zero-order valence-electron chi connectivity index (χ0n) is 14.5. The van der Waals surface area contributed by atoms with E-state index in [1.807, 2.05) is 0 Å². The van der Waals surface area contributed by atoms with Gasteiger partial charge >= 0.3 is 5.97 Å². The van der Waals surface area contributed by atoms with Crippen LogP contribution in [0.1, 0.15) is 24.0 Å². The molecule has 2 aromatic carbocycles. The van der Waals surface area contributed by atoms with Crippen molar-refractivity contribution in [3.8, 4) is 0 Å². The molecule has 3 rings (SSSR count). The van der Waals surface area contributed by atoms with Gasteiger partial charge < -0.3 is 15.2 Å². The first-order chi connectivity index (χ1) is 12.9. The number of hydrogen-bond acceptors (Lipinski definition) is 3. The maximum absolute atomic E-state index is 14.5. The number of halogens is 2. The zero-order valence-corrected chi connectivity index (χ0v) is 14.5. The van der Waals surface area contributed by atoms with E-state index in [1.54, 1.807) is 24.3 Å². The summed E-state index contributed by atoms with van der Waals surface area (Å²) in [6.07, 6.45) is 0.349. The summed E-state index contributed by atoms with van der Waals surface area (Å²) in [6, 6.07) is 9.70. The first-order valence-corrected chi connectivity index (χ1v) is 8.56. The molecule has 5 nitrogen and oxygen atoms in total. The number of carbonyl (C=O) groups excluding carboxylic acids is 1. The van der Waals surface area contributed by atoms with Crippen LogP contribution >= 0.6 is 0 Å². The number of ether oxygens (including phenoxy) is 1. The van der Waals surface area contributed by atoms with Crippen molar-refractivity contribution in [2.24, 2.45) is 0 Å². The van der Waals surface area contributed by atoms with Crippen LogP contribution in [0, 0.1) is 11.6 Å². The van der Waals surface area contributed by atoms with E-state index < -0.39 is 28.9 Å². The van der Waals surface area contributed by atoms with Gasteiger partial charge in [-0.3, -0.25) is 9.59 Å². The highest BCUT2D eigenvalue weighted by atomic mass is 19.1. The SMILES string of the molecule is O=C(O)Cc1cccc(NC(=O)C2(c3ccc(F)cc3F)CCOCC2)c1. The van der Waals surface area contributed by atoms with Gasteiger partial charge in [0, 0.05) is 30.5 Å². The van der Waals surface area contributed by atoms with Crippen molar-refractivity contribution in [1.82, 2.24) is 0 Å². The number of hydrogen-bond donors (Lipinski definition) is 2. The van der Waals surface area contributed by atoms with Crippen molar-refractivity contribution in [3.05, 3.63) is 65.2 Å². The summed E-state index contributed by atoms with van der Waals surface area (Å²) in [7, 11) is 0. The van der Waals surface area contributed by atoms with Gasteiger partial charge in [-0.15, -0.1) is 0 Å². The monoisotopic (exact) mass is 375 g/mol. The van der Waals surface area contributed by atoms with Gasteiger partial charge in [-0.25, -0.2) is 8.78 Å². The van der Waals surface area contributed by atoms with E-state index in [-0.39, 0.29) is 38.0 Å². The fourth-order valence-corrected chi connectivity index (χ4v) is 3.40. The lowest BCUT2D eigenvalue weighted by Gasteiger charge is -2.36. The summed E-state index contributed by atoms with van der Waals surface area (Å²) in [5.41, 5.74) is -0.0911. The van der Waals surface area contributed by atoms with E-state index in [2.05, 4.69) is 5.32 Å². The van der Waals surface area contributed by atoms with Gasteiger partial charge in [0.2, 0.25) is 5.91 Å². The number of carbonyl (C=O) groups is 2. The Morgan fingerprint density at radius 1 is 1.11 bits per heavy atom. The van der Waals surface area contributed by atoms with Crippen LogP contribution < -0.4 is 5.32 Å². The van der Waals surface area contributed by atoms with Gasteiger partial charge in [-0.2, -0.15) is 0 Å². The Kier molecular flexibility index (Phi) is 5.51. The minimum atomic E-state index is -1.18. The normalized spacial score (nSPS) is 15.9. The Morgan fingerprint density at radius 3 is 2.52 bits per heavy atom. The molecule has 1 aliphatic heterocycles. The Hall–Kier alpha value is -2.80. The fourth-order valence-electron chi connectivity index (χ4n) is 3.40. The average molecular weight is 375 g/mol. The van der Waals surface area contributed by atoms with Crippen LogP contribution in [-0.2, 0) is 26.2 Å². The number of rotatable bonds is 5. The highest BCUT2D eigenvalue weighted by molar-refractivity contribution is 5.99. The largest absolute Gasteiger partial charge is 0.481 e. The molecular weight excluding hydrogens is 356 g/mol. The van der Waals surface area contributed by atoms with E-state index in [1.165, 1.54) is 6.07 Å². The van der Waals surface area contributed by atoms with E-state index in [0.29, 0.717) is 11.3 Å². The van der Waals surface area contributed by atoms with Crippen molar-refractivity contribution in [1.29, 1.82) is 0 Å². The molecule has 0 saturated carbocycles. The number of benzene rings is 2. The standard InChI is InChI=1S/C20H19F2NO4/c21-14-4-5-16(17(22)12-14)20(6-8-27-9-7-20)19(26)23-15-3-1-2-13(10-15)11-18(24)25/h1-5,10,12H,6-9,11H2,(H,23,26)(H,24,25). The lowest BCUT2D eigenvalue weighted by atomic mass is 9.73. The molecule has 1 aliphatic rings. The second-order valence-corrected chi connectivity index (χ2v) is 6.54.